The first kappa shape index (κ1) is 17.5. The quantitative estimate of drug-likeness (QED) is 0.716. The Bertz CT molecular complexity index is 1000. The molecule has 1 fully saturated rings. The van der Waals surface area contributed by atoms with E-state index in [9.17, 15) is 9.90 Å². The van der Waals surface area contributed by atoms with Gasteiger partial charge in [0.25, 0.3) is 5.91 Å². The number of aromatic nitrogens is 2. The highest BCUT2D eigenvalue weighted by Crippen LogP contribution is 2.29. The molecule has 2 N–H and O–H groups in total. The number of hydrogen-bond acceptors (Lipinski definition) is 5. The maximum absolute atomic E-state index is 12.7. The van der Waals surface area contributed by atoms with Gasteiger partial charge in [0, 0.05) is 30.6 Å². The van der Waals surface area contributed by atoms with Crippen LogP contribution in [0.4, 0.5) is 5.82 Å². The van der Waals surface area contributed by atoms with Crippen LogP contribution in [-0.4, -0.2) is 39.0 Å². The molecule has 7 heteroatoms. The minimum atomic E-state index is -0.0540. The lowest BCUT2D eigenvalue weighted by Gasteiger charge is -2.17. The van der Waals surface area contributed by atoms with Crippen LogP contribution in [0.2, 0.25) is 5.02 Å². The summed E-state index contributed by atoms with van der Waals surface area (Å²) in [5.74, 6) is 0.770. The van der Waals surface area contributed by atoms with Gasteiger partial charge >= 0.3 is 0 Å². The van der Waals surface area contributed by atoms with Crippen molar-refractivity contribution in [3.05, 3.63) is 58.9 Å². The molecule has 0 aliphatic carbocycles. The van der Waals surface area contributed by atoms with Crippen LogP contribution in [0.3, 0.4) is 0 Å². The van der Waals surface area contributed by atoms with Crippen LogP contribution < -0.4 is 5.32 Å². The highest BCUT2D eigenvalue weighted by atomic mass is 35.5. The van der Waals surface area contributed by atoms with E-state index in [4.69, 9.17) is 11.6 Å². The first-order valence-corrected chi connectivity index (χ1v) is 9.25. The van der Waals surface area contributed by atoms with Gasteiger partial charge in [-0.25, -0.2) is 9.97 Å². The number of likely N-dealkylation sites (tertiary alicyclic amines) is 1. The van der Waals surface area contributed by atoms with Crippen molar-refractivity contribution in [1.29, 1.82) is 0 Å². The number of benzene rings is 2. The molecular formula is C20H19ClN4O2. The molecule has 2 aromatic carbocycles. The number of carbonyl (C=O) groups is 1. The summed E-state index contributed by atoms with van der Waals surface area (Å²) in [6.45, 7) is 1.94. The SMILES string of the molecule is O=C(c1cc2ncnc(NCc3ccccc3O)c2cc1Cl)N1CCCC1. The van der Waals surface area contributed by atoms with Gasteiger partial charge in [-0.15, -0.1) is 0 Å². The van der Waals surface area contributed by atoms with Crippen LogP contribution in [0.5, 0.6) is 5.75 Å². The molecule has 0 saturated carbocycles. The van der Waals surface area contributed by atoms with E-state index in [0.717, 1.165) is 36.9 Å². The predicted octanol–water partition coefficient (Wildman–Crippen LogP) is 3.84. The van der Waals surface area contributed by atoms with Crippen molar-refractivity contribution in [2.45, 2.75) is 19.4 Å². The third-order valence-electron chi connectivity index (χ3n) is 4.79. The van der Waals surface area contributed by atoms with E-state index in [2.05, 4.69) is 15.3 Å². The van der Waals surface area contributed by atoms with Gasteiger partial charge in [-0.3, -0.25) is 4.79 Å². The average Bonchev–Trinajstić information content (AvgIpc) is 3.21. The molecule has 6 nitrogen and oxygen atoms in total. The van der Waals surface area contributed by atoms with Crippen LogP contribution in [0.15, 0.2) is 42.7 Å². The van der Waals surface area contributed by atoms with Crippen LogP contribution in [0.25, 0.3) is 10.9 Å². The molecule has 0 spiro atoms. The number of nitrogens with one attached hydrogen (secondary N) is 1. The third-order valence-corrected chi connectivity index (χ3v) is 5.10. The van der Waals surface area contributed by atoms with Crippen molar-refractivity contribution < 1.29 is 9.90 Å². The van der Waals surface area contributed by atoms with E-state index in [1.165, 1.54) is 6.33 Å². The maximum Gasteiger partial charge on any atom is 0.255 e. The van der Waals surface area contributed by atoms with Crippen molar-refractivity contribution in [1.82, 2.24) is 14.9 Å². The minimum Gasteiger partial charge on any atom is -0.508 e. The highest BCUT2D eigenvalue weighted by molar-refractivity contribution is 6.34. The number of rotatable bonds is 4. The average molecular weight is 383 g/mol. The van der Waals surface area contributed by atoms with Gasteiger partial charge in [-0.05, 0) is 31.0 Å². The van der Waals surface area contributed by atoms with Crippen LogP contribution in [0, 0.1) is 0 Å². The Morgan fingerprint density at radius 1 is 1.19 bits per heavy atom. The molecule has 1 aromatic heterocycles. The number of aromatic hydroxyl groups is 1. The number of phenolic OH excluding ortho intramolecular Hbond substituents is 1. The largest absolute Gasteiger partial charge is 0.508 e. The maximum atomic E-state index is 12.7. The summed E-state index contributed by atoms with van der Waals surface area (Å²) in [6, 6.07) is 10.6. The smallest absolute Gasteiger partial charge is 0.255 e. The molecule has 27 heavy (non-hydrogen) atoms. The van der Waals surface area contributed by atoms with Gasteiger partial charge in [0.1, 0.15) is 17.9 Å². The van der Waals surface area contributed by atoms with Gasteiger partial charge in [0.2, 0.25) is 0 Å². The van der Waals surface area contributed by atoms with Crippen molar-refractivity contribution >= 4 is 34.2 Å². The van der Waals surface area contributed by atoms with E-state index in [1.54, 1.807) is 24.3 Å². The monoisotopic (exact) mass is 382 g/mol. The van der Waals surface area contributed by atoms with Gasteiger partial charge in [-0.2, -0.15) is 0 Å². The number of anilines is 1. The Morgan fingerprint density at radius 2 is 1.96 bits per heavy atom. The molecule has 1 saturated heterocycles. The summed E-state index contributed by atoms with van der Waals surface area (Å²) < 4.78 is 0. The fraction of sp³-hybridized carbons (Fsp3) is 0.250. The summed E-state index contributed by atoms with van der Waals surface area (Å²) in [5.41, 5.74) is 1.88. The van der Waals surface area contributed by atoms with Crippen LogP contribution in [-0.2, 0) is 6.54 Å². The van der Waals surface area contributed by atoms with Crippen molar-refractivity contribution in [2.75, 3.05) is 18.4 Å². The Labute approximate surface area is 161 Å². The lowest BCUT2D eigenvalue weighted by Crippen LogP contribution is -2.27. The number of fused-ring (bicyclic) bond motifs is 1. The fourth-order valence-electron chi connectivity index (χ4n) is 3.31. The van der Waals surface area contributed by atoms with E-state index >= 15 is 0 Å². The molecule has 3 aromatic rings. The number of amides is 1. The second-order valence-corrected chi connectivity index (χ2v) is 6.96. The zero-order valence-corrected chi connectivity index (χ0v) is 15.4. The second-order valence-electron chi connectivity index (χ2n) is 6.55. The normalized spacial score (nSPS) is 13.9. The zero-order chi connectivity index (χ0) is 18.8. The van der Waals surface area contributed by atoms with Gasteiger partial charge in [0.15, 0.2) is 0 Å². The summed E-state index contributed by atoms with van der Waals surface area (Å²) >= 11 is 6.42. The second kappa shape index (κ2) is 7.40. The number of carbonyl (C=O) groups excluding carboxylic acids is 1. The summed E-state index contributed by atoms with van der Waals surface area (Å²) in [6.07, 6.45) is 3.51. The Balaban J connectivity index is 1.64. The molecule has 4 rings (SSSR count). The molecular weight excluding hydrogens is 364 g/mol. The lowest BCUT2D eigenvalue weighted by atomic mass is 10.1. The lowest BCUT2D eigenvalue weighted by molar-refractivity contribution is 0.0793. The highest BCUT2D eigenvalue weighted by Gasteiger charge is 2.22. The van der Waals surface area contributed by atoms with Gasteiger partial charge in [0.05, 0.1) is 16.1 Å². The summed E-state index contributed by atoms with van der Waals surface area (Å²) in [5, 5.41) is 14.2. The standard InChI is InChI=1S/C20H19ClN4O2/c21-16-9-15-17(10-14(16)20(27)25-7-3-4-8-25)23-12-24-19(15)22-11-13-5-1-2-6-18(13)26/h1-2,5-6,9-10,12,26H,3-4,7-8,11H2,(H,22,23,24). The first-order valence-electron chi connectivity index (χ1n) is 8.88. The van der Waals surface area contributed by atoms with Crippen molar-refractivity contribution in [3.8, 4) is 5.75 Å². The van der Waals surface area contributed by atoms with E-state index in [0.29, 0.717) is 28.5 Å². The predicted molar refractivity (Wildman–Crippen MR) is 105 cm³/mol. The minimum absolute atomic E-state index is 0.0540. The van der Waals surface area contributed by atoms with E-state index in [1.807, 2.05) is 17.0 Å². The first-order chi connectivity index (χ1) is 13.1. The molecule has 1 aliphatic rings. The van der Waals surface area contributed by atoms with Gasteiger partial charge in [-0.1, -0.05) is 29.8 Å². The van der Waals surface area contributed by atoms with E-state index < -0.39 is 0 Å². The molecule has 2 heterocycles. The van der Waals surface area contributed by atoms with Crippen LogP contribution >= 0.6 is 11.6 Å². The summed E-state index contributed by atoms with van der Waals surface area (Å²) in [4.78, 5) is 23.1. The number of phenols is 1. The molecule has 0 radical (unpaired) electrons. The van der Waals surface area contributed by atoms with E-state index in [-0.39, 0.29) is 11.7 Å². The summed E-state index contributed by atoms with van der Waals surface area (Å²) in [7, 11) is 0. The number of nitrogens with zero attached hydrogens (tertiary/aromatic N) is 3. The topological polar surface area (TPSA) is 78.3 Å². The third kappa shape index (κ3) is 3.53. The Hall–Kier alpha value is -2.86. The molecule has 138 valence electrons. The molecule has 1 amide bonds. The van der Waals surface area contributed by atoms with Crippen molar-refractivity contribution in [2.24, 2.45) is 0 Å². The van der Waals surface area contributed by atoms with Crippen molar-refractivity contribution in [3.63, 3.8) is 0 Å². The fourth-order valence-corrected chi connectivity index (χ4v) is 3.56. The number of hydrogen-bond donors (Lipinski definition) is 2. The Kier molecular flexibility index (Phi) is 4.81. The number of para-hydroxylation sites is 1. The molecule has 0 unspecified atom stereocenters. The molecule has 1 aliphatic heterocycles. The Morgan fingerprint density at radius 3 is 2.74 bits per heavy atom. The van der Waals surface area contributed by atoms with Crippen LogP contribution in [0.1, 0.15) is 28.8 Å². The van der Waals surface area contributed by atoms with Gasteiger partial charge < -0.3 is 15.3 Å². The zero-order valence-electron chi connectivity index (χ0n) is 14.7. The number of halogens is 1. The molecule has 0 atom stereocenters. The molecule has 0 bridgehead atoms.